The van der Waals surface area contributed by atoms with Gasteiger partial charge in [0.05, 0.1) is 11.7 Å². The number of hydrogen-bond donors (Lipinski definition) is 2. The third-order valence-electron chi connectivity index (χ3n) is 3.76. The molecule has 1 aliphatic rings. The summed E-state index contributed by atoms with van der Waals surface area (Å²) in [5.74, 6) is -0.888. The summed E-state index contributed by atoms with van der Waals surface area (Å²) >= 11 is 0. The molecule has 0 saturated carbocycles. The molecule has 0 aliphatic carbocycles. The van der Waals surface area contributed by atoms with Gasteiger partial charge in [0, 0.05) is 18.7 Å². The van der Waals surface area contributed by atoms with E-state index in [9.17, 15) is 4.79 Å². The van der Waals surface area contributed by atoms with Gasteiger partial charge in [-0.2, -0.15) is 0 Å². The summed E-state index contributed by atoms with van der Waals surface area (Å²) in [4.78, 5) is 10.9. The molecule has 1 aromatic rings. The van der Waals surface area contributed by atoms with Gasteiger partial charge in [-0.3, -0.25) is 0 Å². The number of hydrogen-bond acceptors (Lipinski definition) is 3. The zero-order valence-electron chi connectivity index (χ0n) is 10.8. The van der Waals surface area contributed by atoms with E-state index in [-0.39, 0.29) is 11.6 Å². The standard InChI is InChI=1S/C14H19NO3/c1-10-14(2,6-7-18-10)15-9-11-4-3-5-12(8-11)13(16)17/h3-5,8,10,15H,6-7,9H2,1-2H3,(H,16,17). The van der Waals surface area contributed by atoms with Crippen LogP contribution >= 0.6 is 0 Å². The summed E-state index contributed by atoms with van der Waals surface area (Å²) in [6.07, 6.45) is 1.16. The molecule has 1 aromatic carbocycles. The van der Waals surface area contributed by atoms with Crippen LogP contribution in [0, 0.1) is 0 Å². The number of rotatable bonds is 4. The van der Waals surface area contributed by atoms with Crippen LogP contribution in [0.4, 0.5) is 0 Å². The molecule has 0 amide bonds. The maximum atomic E-state index is 10.9. The van der Waals surface area contributed by atoms with Crippen LogP contribution in [0.2, 0.25) is 0 Å². The Kier molecular flexibility index (Phi) is 3.68. The van der Waals surface area contributed by atoms with E-state index in [1.54, 1.807) is 18.2 Å². The third kappa shape index (κ3) is 2.71. The van der Waals surface area contributed by atoms with Crippen molar-refractivity contribution in [3.8, 4) is 0 Å². The quantitative estimate of drug-likeness (QED) is 0.857. The molecule has 2 unspecified atom stereocenters. The Hall–Kier alpha value is -1.39. The number of nitrogens with one attached hydrogen (secondary N) is 1. The molecule has 4 heteroatoms. The number of benzene rings is 1. The van der Waals surface area contributed by atoms with Crippen LogP contribution in [0.1, 0.15) is 36.2 Å². The first-order valence-corrected chi connectivity index (χ1v) is 6.20. The van der Waals surface area contributed by atoms with Gasteiger partial charge in [-0.05, 0) is 38.0 Å². The molecule has 4 nitrogen and oxygen atoms in total. The van der Waals surface area contributed by atoms with Crippen LogP contribution in [0.3, 0.4) is 0 Å². The molecule has 0 spiro atoms. The summed E-state index contributed by atoms with van der Waals surface area (Å²) < 4.78 is 5.56. The van der Waals surface area contributed by atoms with Crippen molar-refractivity contribution in [2.45, 2.75) is 38.5 Å². The molecular formula is C14H19NO3. The predicted molar refractivity (Wildman–Crippen MR) is 68.7 cm³/mol. The second-order valence-electron chi connectivity index (χ2n) is 5.04. The van der Waals surface area contributed by atoms with E-state index in [1.165, 1.54) is 0 Å². The van der Waals surface area contributed by atoms with E-state index in [2.05, 4.69) is 19.2 Å². The smallest absolute Gasteiger partial charge is 0.335 e. The number of carboxylic acids is 1. The van der Waals surface area contributed by atoms with Crippen LogP contribution in [-0.4, -0.2) is 29.3 Å². The topological polar surface area (TPSA) is 58.6 Å². The van der Waals surface area contributed by atoms with Gasteiger partial charge in [0.1, 0.15) is 0 Å². The highest BCUT2D eigenvalue weighted by Gasteiger charge is 2.36. The van der Waals surface area contributed by atoms with E-state index in [0.717, 1.165) is 18.6 Å². The molecule has 2 atom stereocenters. The Balaban J connectivity index is 2.02. The molecule has 1 saturated heterocycles. The van der Waals surface area contributed by atoms with E-state index in [4.69, 9.17) is 9.84 Å². The van der Waals surface area contributed by atoms with Crippen molar-refractivity contribution in [3.63, 3.8) is 0 Å². The Labute approximate surface area is 107 Å². The molecule has 0 bridgehead atoms. The predicted octanol–water partition coefficient (Wildman–Crippen LogP) is 2.04. The molecule has 0 radical (unpaired) electrons. The zero-order valence-corrected chi connectivity index (χ0v) is 10.8. The van der Waals surface area contributed by atoms with Gasteiger partial charge < -0.3 is 15.2 Å². The molecule has 0 aromatic heterocycles. The first-order valence-electron chi connectivity index (χ1n) is 6.20. The molecule has 1 fully saturated rings. The Bertz CT molecular complexity index is 446. The van der Waals surface area contributed by atoms with E-state index >= 15 is 0 Å². The van der Waals surface area contributed by atoms with Gasteiger partial charge in [-0.1, -0.05) is 12.1 Å². The van der Waals surface area contributed by atoms with Crippen LogP contribution in [-0.2, 0) is 11.3 Å². The average molecular weight is 249 g/mol. The van der Waals surface area contributed by atoms with Crippen molar-refractivity contribution >= 4 is 5.97 Å². The van der Waals surface area contributed by atoms with Gasteiger partial charge in [0.2, 0.25) is 0 Å². The lowest BCUT2D eigenvalue weighted by Crippen LogP contribution is -2.47. The van der Waals surface area contributed by atoms with E-state index in [1.807, 2.05) is 6.07 Å². The minimum atomic E-state index is -0.888. The highest BCUT2D eigenvalue weighted by Crippen LogP contribution is 2.25. The molecule has 2 rings (SSSR count). The Morgan fingerprint density at radius 1 is 1.61 bits per heavy atom. The van der Waals surface area contributed by atoms with Crippen molar-refractivity contribution in [2.75, 3.05) is 6.61 Å². The largest absolute Gasteiger partial charge is 0.478 e. The van der Waals surface area contributed by atoms with E-state index < -0.39 is 5.97 Å². The van der Waals surface area contributed by atoms with Crippen LogP contribution in [0.25, 0.3) is 0 Å². The summed E-state index contributed by atoms with van der Waals surface area (Å²) in [5, 5.41) is 12.4. The first-order chi connectivity index (χ1) is 8.51. The monoisotopic (exact) mass is 249 g/mol. The summed E-state index contributed by atoms with van der Waals surface area (Å²) in [7, 11) is 0. The lowest BCUT2D eigenvalue weighted by molar-refractivity contribution is 0.0696. The maximum absolute atomic E-state index is 10.9. The number of carboxylic acid groups (broad SMARTS) is 1. The maximum Gasteiger partial charge on any atom is 0.335 e. The van der Waals surface area contributed by atoms with Crippen molar-refractivity contribution in [2.24, 2.45) is 0 Å². The highest BCUT2D eigenvalue weighted by molar-refractivity contribution is 5.87. The lowest BCUT2D eigenvalue weighted by atomic mass is 9.94. The fraction of sp³-hybridized carbons (Fsp3) is 0.500. The first kappa shape index (κ1) is 13.1. The summed E-state index contributed by atoms with van der Waals surface area (Å²) in [5.41, 5.74) is 1.28. The summed E-state index contributed by atoms with van der Waals surface area (Å²) in [6.45, 7) is 5.64. The molecule has 98 valence electrons. The average Bonchev–Trinajstić information content (AvgIpc) is 2.68. The van der Waals surface area contributed by atoms with Gasteiger partial charge in [0.15, 0.2) is 0 Å². The molecule has 2 N–H and O–H groups in total. The van der Waals surface area contributed by atoms with Crippen molar-refractivity contribution < 1.29 is 14.6 Å². The second-order valence-corrected chi connectivity index (χ2v) is 5.04. The van der Waals surface area contributed by atoms with Crippen LogP contribution in [0.15, 0.2) is 24.3 Å². The minimum absolute atomic E-state index is 0.0285. The third-order valence-corrected chi connectivity index (χ3v) is 3.76. The van der Waals surface area contributed by atoms with Gasteiger partial charge in [-0.15, -0.1) is 0 Å². The highest BCUT2D eigenvalue weighted by atomic mass is 16.5. The Morgan fingerprint density at radius 3 is 3.00 bits per heavy atom. The lowest BCUT2D eigenvalue weighted by Gasteiger charge is -2.29. The normalized spacial score (nSPS) is 27.3. The van der Waals surface area contributed by atoms with Gasteiger partial charge >= 0.3 is 5.97 Å². The van der Waals surface area contributed by atoms with E-state index in [0.29, 0.717) is 12.1 Å². The number of aromatic carboxylic acids is 1. The fourth-order valence-corrected chi connectivity index (χ4v) is 2.19. The minimum Gasteiger partial charge on any atom is -0.478 e. The molecular weight excluding hydrogens is 230 g/mol. The zero-order chi connectivity index (χ0) is 13.2. The molecule has 1 heterocycles. The SMILES string of the molecule is CC1OCCC1(C)NCc1cccc(C(=O)O)c1. The number of carbonyl (C=O) groups is 1. The molecule has 1 aliphatic heterocycles. The Morgan fingerprint density at radius 2 is 2.39 bits per heavy atom. The van der Waals surface area contributed by atoms with Gasteiger partial charge in [0.25, 0.3) is 0 Å². The fourth-order valence-electron chi connectivity index (χ4n) is 2.19. The van der Waals surface area contributed by atoms with Crippen LogP contribution in [0.5, 0.6) is 0 Å². The number of ether oxygens (including phenoxy) is 1. The van der Waals surface area contributed by atoms with Crippen molar-refractivity contribution in [1.29, 1.82) is 0 Å². The summed E-state index contributed by atoms with van der Waals surface area (Å²) in [6, 6.07) is 7.02. The van der Waals surface area contributed by atoms with Crippen molar-refractivity contribution in [3.05, 3.63) is 35.4 Å². The van der Waals surface area contributed by atoms with Crippen LogP contribution < -0.4 is 5.32 Å². The molecule has 18 heavy (non-hydrogen) atoms. The van der Waals surface area contributed by atoms with Crippen molar-refractivity contribution in [1.82, 2.24) is 5.32 Å². The second kappa shape index (κ2) is 5.08. The van der Waals surface area contributed by atoms with Gasteiger partial charge in [-0.25, -0.2) is 4.79 Å².